The van der Waals surface area contributed by atoms with E-state index in [-0.39, 0.29) is 0 Å². The van der Waals surface area contributed by atoms with Gasteiger partial charge < -0.3 is 5.32 Å². The molecule has 1 N–H and O–H groups in total. The van der Waals surface area contributed by atoms with E-state index in [0.29, 0.717) is 4.87 Å². The molecule has 1 aliphatic heterocycles. The van der Waals surface area contributed by atoms with Crippen LogP contribution < -0.4 is 5.32 Å². The lowest BCUT2D eigenvalue weighted by Gasteiger charge is -2.27. The first-order valence-corrected chi connectivity index (χ1v) is 6.51. The summed E-state index contributed by atoms with van der Waals surface area (Å²) >= 11 is 2.19. The smallest absolute Gasteiger partial charge is 0.0648 e. The van der Waals surface area contributed by atoms with Crippen LogP contribution >= 0.6 is 11.8 Å². The molecule has 1 saturated carbocycles. The van der Waals surface area contributed by atoms with Gasteiger partial charge in [-0.15, -0.1) is 11.8 Å². The number of thioether (sulfide) groups is 1. The van der Waals surface area contributed by atoms with Crippen LogP contribution in [0.2, 0.25) is 0 Å². The fourth-order valence-corrected chi connectivity index (χ4v) is 4.18. The molecule has 0 radical (unpaired) electrons. The minimum atomic E-state index is 0.476. The summed E-state index contributed by atoms with van der Waals surface area (Å²) in [5, 5.41) is 4.57. The van der Waals surface area contributed by atoms with E-state index >= 15 is 0 Å². The highest BCUT2D eigenvalue weighted by atomic mass is 32.2. The van der Waals surface area contributed by atoms with Crippen LogP contribution in [0.4, 0.5) is 0 Å². The predicted octanol–water partition coefficient (Wildman–Crippen LogP) is 3.01. The first-order chi connectivity index (χ1) is 6.20. The van der Waals surface area contributed by atoms with Crippen molar-refractivity contribution in [2.45, 2.75) is 56.1 Å². The van der Waals surface area contributed by atoms with Crippen LogP contribution in [-0.4, -0.2) is 16.7 Å². The van der Waals surface area contributed by atoms with Gasteiger partial charge in [0.1, 0.15) is 0 Å². The predicted molar refractivity (Wildman–Crippen MR) is 60.0 cm³/mol. The second-order valence-electron chi connectivity index (χ2n) is 4.84. The number of rotatable bonds is 0. The zero-order valence-electron chi connectivity index (χ0n) is 8.81. The molecule has 2 fully saturated rings. The molecule has 3 unspecified atom stereocenters. The van der Waals surface area contributed by atoms with Gasteiger partial charge in [0.15, 0.2) is 0 Å². The molecule has 2 rings (SSSR count). The Morgan fingerprint density at radius 3 is 2.77 bits per heavy atom. The maximum absolute atomic E-state index is 3.75. The minimum absolute atomic E-state index is 0.476. The van der Waals surface area contributed by atoms with Crippen LogP contribution in [0.1, 0.15) is 46.0 Å². The van der Waals surface area contributed by atoms with Gasteiger partial charge in [0, 0.05) is 11.8 Å². The second kappa shape index (κ2) is 3.82. The van der Waals surface area contributed by atoms with E-state index in [9.17, 15) is 0 Å². The van der Waals surface area contributed by atoms with E-state index in [4.69, 9.17) is 0 Å². The molecule has 0 aromatic rings. The molecule has 0 amide bonds. The third-order valence-corrected chi connectivity index (χ3v) is 5.03. The molecule has 0 bridgehead atoms. The average molecular weight is 199 g/mol. The molecule has 1 spiro atoms. The summed E-state index contributed by atoms with van der Waals surface area (Å²) in [5.74, 6) is 0.956. The summed E-state index contributed by atoms with van der Waals surface area (Å²) in [6, 6.07) is 0. The summed E-state index contributed by atoms with van der Waals surface area (Å²) in [5.41, 5.74) is 0. The van der Waals surface area contributed by atoms with Gasteiger partial charge in [0.25, 0.3) is 0 Å². The van der Waals surface area contributed by atoms with Gasteiger partial charge in [-0.2, -0.15) is 0 Å². The summed E-state index contributed by atoms with van der Waals surface area (Å²) in [4.78, 5) is 0.476. The molecule has 1 aliphatic carbocycles. The largest absolute Gasteiger partial charge is 0.302 e. The highest BCUT2D eigenvalue weighted by molar-refractivity contribution is 8.01. The Balaban J connectivity index is 1.98. The third-order valence-electron chi connectivity index (χ3n) is 3.46. The van der Waals surface area contributed by atoms with Crippen LogP contribution in [0.15, 0.2) is 0 Å². The molecule has 2 heteroatoms. The summed E-state index contributed by atoms with van der Waals surface area (Å²) in [6.07, 6.45) is 7.08. The van der Waals surface area contributed by atoms with Gasteiger partial charge in [-0.3, -0.25) is 0 Å². The Labute approximate surface area is 86.0 Å². The Morgan fingerprint density at radius 2 is 2.08 bits per heavy atom. The Bertz CT molecular complexity index is 181. The van der Waals surface area contributed by atoms with E-state index in [1.54, 1.807) is 0 Å². The van der Waals surface area contributed by atoms with E-state index in [0.717, 1.165) is 11.2 Å². The molecule has 13 heavy (non-hydrogen) atoms. The summed E-state index contributed by atoms with van der Waals surface area (Å²) in [7, 11) is 0. The van der Waals surface area contributed by atoms with Crippen molar-refractivity contribution < 1.29 is 0 Å². The van der Waals surface area contributed by atoms with Crippen LogP contribution in [0.25, 0.3) is 0 Å². The first-order valence-electron chi connectivity index (χ1n) is 5.63. The first kappa shape index (κ1) is 9.85. The lowest BCUT2D eigenvalue weighted by Crippen LogP contribution is -2.36. The van der Waals surface area contributed by atoms with Gasteiger partial charge in [0.05, 0.1) is 4.87 Å². The fourth-order valence-electron chi connectivity index (χ4n) is 2.58. The second-order valence-corrected chi connectivity index (χ2v) is 6.66. The standard InChI is InChI=1S/C11H21NS/c1-9-4-3-6-11(7-5-9)12-8-10(2)13-11/h9-10,12H,3-8H2,1-2H3. The topological polar surface area (TPSA) is 12.0 Å². The van der Waals surface area contributed by atoms with Crippen molar-refractivity contribution in [1.29, 1.82) is 0 Å². The van der Waals surface area contributed by atoms with Gasteiger partial charge in [-0.05, 0) is 25.2 Å². The average Bonchev–Trinajstić information content (AvgIpc) is 2.35. The third kappa shape index (κ3) is 2.21. The molecule has 1 nitrogen and oxygen atoms in total. The lowest BCUT2D eigenvalue weighted by atomic mass is 10.0. The van der Waals surface area contributed by atoms with Crippen molar-refractivity contribution in [3.05, 3.63) is 0 Å². The van der Waals surface area contributed by atoms with Crippen LogP contribution in [0.5, 0.6) is 0 Å². The number of hydrogen-bond donors (Lipinski definition) is 1. The summed E-state index contributed by atoms with van der Waals surface area (Å²) < 4.78 is 0. The molecular formula is C11H21NS. The maximum atomic E-state index is 3.75. The van der Waals surface area contributed by atoms with Crippen molar-refractivity contribution >= 4 is 11.8 Å². The molecule has 1 saturated heterocycles. The van der Waals surface area contributed by atoms with Crippen molar-refractivity contribution in [1.82, 2.24) is 5.32 Å². The van der Waals surface area contributed by atoms with Crippen LogP contribution in [0, 0.1) is 5.92 Å². The van der Waals surface area contributed by atoms with Gasteiger partial charge in [-0.25, -0.2) is 0 Å². The maximum Gasteiger partial charge on any atom is 0.0648 e. The Kier molecular flexibility index (Phi) is 2.89. The molecular weight excluding hydrogens is 178 g/mol. The van der Waals surface area contributed by atoms with E-state index in [2.05, 4.69) is 30.9 Å². The monoisotopic (exact) mass is 199 g/mol. The van der Waals surface area contributed by atoms with Crippen molar-refractivity contribution in [2.24, 2.45) is 5.92 Å². The van der Waals surface area contributed by atoms with Crippen molar-refractivity contribution in [2.75, 3.05) is 6.54 Å². The number of hydrogen-bond acceptors (Lipinski definition) is 2. The molecule has 76 valence electrons. The fraction of sp³-hybridized carbons (Fsp3) is 1.00. The quantitative estimate of drug-likeness (QED) is 0.643. The van der Waals surface area contributed by atoms with E-state index in [1.165, 1.54) is 38.6 Å². The normalized spacial score (nSPS) is 46.6. The molecule has 3 atom stereocenters. The van der Waals surface area contributed by atoms with Crippen LogP contribution in [0.3, 0.4) is 0 Å². The molecule has 1 heterocycles. The summed E-state index contributed by atoms with van der Waals surface area (Å²) in [6.45, 7) is 5.97. The van der Waals surface area contributed by atoms with Crippen molar-refractivity contribution in [3.63, 3.8) is 0 Å². The zero-order valence-corrected chi connectivity index (χ0v) is 9.62. The van der Waals surface area contributed by atoms with Gasteiger partial charge in [0.2, 0.25) is 0 Å². The highest BCUT2D eigenvalue weighted by Gasteiger charge is 2.38. The molecule has 0 aromatic heterocycles. The number of nitrogens with one attached hydrogen (secondary N) is 1. The Hall–Kier alpha value is 0.310. The van der Waals surface area contributed by atoms with E-state index < -0.39 is 0 Å². The Morgan fingerprint density at radius 1 is 1.23 bits per heavy atom. The van der Waals surface area contributed by atoms with Crippen molar-refractivity contribution in [3.8, 4) is 0 Å². The van der Waals surface area contributed by atoms with Crippen LogP contribution in [-0.2, 0) is 0 Å². The molecule has 2 aliphatic rings. The highest BCUT2D eigenvalue weighted by Crippen LogP contribution is 2.43. The molecule has 0 aromatic carbocycles. The minimum Gasteiger partial charge on any atom is -0.302 e. The van der Waals surface area contributed by atoms with Gasteiger partial charge >= 0.3 is 0 Å². The lowest BCUT2D eigenvalue weighted by molar-refractivity contribution is 0.432. The SMILES string of the molecule is CC1CCCC2(CC1)NCC(C)S2. The van der Waals surface area contributed by atoms with E-state index in [1.807, 2.05) is 0 Å². The van der Waals surface area contributed by atoms with Gasteiger partial charge in [-0.1, -0.05) is 26.7 Å². The zero-order chi connectivity index (χ0) is 9.31.